The van der Waals surface area contributed by atoms with Gasteiger partial charge in [0.05, 0.1) is 0 Å². The van der Waals surface area contributed by atoms with Gasteiger partial charge in [-0.25, -0.2) is 0 Å². The third-order valence-electron chi connectivity index (χ3n) is 2.84. The van der Waals surface area contributed by atoms with E-state index in [0.29, 0.717) is 0 Å². The normalized spacial score (nSPS) is 11.1. The topological polar surface area (TPSA) is 29.3 Å². The summed E-state index contributed by atoms with van der Waals surface area (Å²) in [6.45, 7) is 3.02. The third kappa shape index (κ3) is 6.81. The Labute approximate surface area is 113 Å². The molecule has 2 N–H and O–H groups in total. The molecular weight excluding hydrogens is 276 g/mol. The van der Waals surface area contributed by atoms with Crippen molar-refractivity contribution in [2.45, 2.75) is 32.2 Å². The van der Waals surface area contributed by atoms with E-state index in [1.165, 1.54) is 24.8 Å². The first-order chi connectivity index (χ1) is 8.22. The summed E-state index contributed by atoms with van der Waals surface area (Å²) in [5.74, 6) is 0. The molecule has 0 heterocycles. The highest BCUT2D eigenvalue weighted by Crippen LogP contribution is 2.13. The summed E-state index contributed by atoms with van der Waals surface area (Å²) in [6, 6.07) is 8.52. The molecular formula is C14H23BrN2. The van der Waals surface area contributed by atoms with Gasteiger partial charge in [0, 0.05) is 11.0 Å². The highest BCUT2D eigenvalue weighted by atomic mass is 79.9. The van der Waals surface area contributed by atoms with E-state index in [9.17, 15) is 0 Å². The van der Waals surface area contributed by atoms with E-state index in [-0.39, 0.29) is 0 Å². The van der Waals surface area contributed by atoms with E-state index in [0.717, 1.165) is 30.5 Å². The van der Waals surface area contributed by atoms with Crippen LogP contribution < -0.4 is 5.73 Å². The largest absolute Gasteiger partial charge is 0.330 e. The molecule has 3 heteroatoms. The summed E-state index contributed by atoms with van der Waals surface area (Å²) < 4.78 is 1.16. The molecule has 1 aromatic carbocycles. The Morgan fingerprint density at radius 2 is 1.94 bits per heavy atom. The summed E-state index contributed by atoms with van der Waals surface area (Å²) in [7, 11) is 2.18. The number of hydrogen-bond donors (Lipinski definition) is 1. The Balaban J connectivity index is 2.18. The van der Waals surface area contributed by atoms with Crippen molar-refractivity contribution < 1.29 is 0 Å². The van der Waals surface area contributed by atoms with Crippen LogP contribution in [0.3, 0.4) is 0 Å². The fourth-order valence-corrected chi connectivity index (χ4v) is 2.35. The quantitative estimate of drug-likeness (QED) is 0.745. The van der Waals surface area contributed by atoms with E-state index in [2.05, 4.69) is 52.1 Å². The minimum Gasteiger partial charge on any atom is -0.330 e. The summed E-state index contributed by atoms with van der Waals surface area (Å²) in [6.07, 6.45) is 4.99. The molecule has 0 aliphatic carbocycles. The van der Waals surface area contributed by atoms with Crippen LogP contribution in [0.25, 0.3) is 0 Å². The number of halogens is 1. The van der Waals surface area contributed by atoms with Gasteiger partial charge in [-0.1, -0.05) is 40.9 Å². The van der Waals surface area contributed by atoms with Gasteiger partial charge in [-0.3, -0.25) is 0 Å². The summed E-state index contributed by atoms with van der Waals surface area (Å²) >= 11 is 3.50. The van der Waals surface area contributed by atoms with Crippen molar-refractivity contribution in [2.75, 3.05) is 20.1 Å². The van der Waals surface area contributed by atoms with Crippen molar-refractivity contribution >= 4 is 15.9 Å². The van der Waals surface area contributed by atoms with Gasteiger partial charge in [-0.05, 0) is 50.7 Å². The van der Waals surface area contributed by atoms with E-state index < -0.39 is 0 Å². The first kappa shape index (κ1) is 14.7. The van der Waals surface area contributed by atoms with Crippen LogP contribution in [0, 0.1) is 0 Å². The molecule has 0 unspecified atom stereocenters. The van der Waals surface area contributed by atoms with Gasteiger partial charge in [0.1, 0.15) is 0 Å². The Hall–Kier alpha value is -0.380. The maximum Gasteiger partial charge on any atom is 0.0231 e. The highest BCUT2D eigenvalue weighted by Gasteiger charge is 2.00. The number of rotatable bonds is 8. The molecule has 0 amide bonds. The Bertz CT molecular complexity index is 315. The number of benzene rings is 1. The first-order valence-corrected chi connectivity index (χ1v) is 7.14. The minimum absolute atomic E-state index is 0.827. The van der Waals surface area contributed by atoms with Crippen molar-refractivity contribution in [1.29, 1.82) is 0 Å². The standard InChI is InChI=1S/C14H23BrN2/c1-17(10-5-3-2-4-9-16)12-13-7-6-8-14(15)11-13/h6-8,11H,2-5,9-10,12,16H2,1H3. The Kier molecular flexibility index (Phi) is 7.49. The fraction of sp³-hybridized carbons (Fsp3) is 0.571. The molecule has 17 heavy (non-hydrogen) atoms. The van der Waals surface area contributed by atoms with Crippen LogP contribution in [-0.2, 0) is 6.54 Å². The molecule has 96 valence electrons. The van der Waals surface area contributed by atoms with E-state index in [1.54, 1.807) is 0 Å². The molecule has 0 radical (unpaired) electrons. The lowest BCUT2D eigenvalue weighted by Gasteiger charge is -2.16. The van der Waals surface area contributed by atoms with Gasteiger partial charge in [0.25, 0.3) is 0 Å². The molecule has 0 aliphatic heterocycles. The van der Waals surface area contributed by atoms with Crippen LogP contribution in [0.2, 0.25) is 0 Å². The summed E-state index contributed by atoms with van der Waals surface area (Å²) in [4.78, 5) is 2.38. The molecule has 0 saturated heterocycles. The van der Waals surface area contributed by atoms with Crippen molar-refractivity contribution in [3.05, 3.63) is 34.3 Å². The van der Waals surface area contributed by atoms with Crippen LogP contribution >= 0.6 is 15.9 Å². The molecule has 0 spiro atoms. The number of hydrogen-bond acceptors (Lipinski definition) is 2. The van der Waals surface area contributed by atoms with Crippen molar-refractivity contribution in [3.63, 3.8) is 0 Å². The van der Waals surface area contributed by atoms with Crippen molar-refractivity contribution in [2.24, 2.45) is 5.73 Å². The molecule has 0 aliphatic rings. The van der Waals surface area contributed by atoms with Gasteiger partial charge in [0.2, 0.25) is 0 Å². The molecule has 0 fully saturated rings. The van der Waals surface area contributed by atoms with Crippen LogP contribution in [0.15, 0.2) is 28.7 Å². The monoisotopic (exact) mass is 298 g/mol. The lowest BCUT2D eigenvalue weighted by atomic mass is 10.1. The molecule has 0 bridgehead atoms. The zero-order valence-corrected chi connectivity index (χ0v) is 12.2. The predicted molar refractivity (Wildman–Crippen MR) is 78.0 cm³/mol. The minimum atomic E-state index is 0.827. The highest BCUT2D eigenvalue weighted by molar-refractivity contribution is 9.10. The molecule has 1 aromatic rings. The zero-order chi connectivity index (χ0) is 12.5. The molecule has 1 rings (SSSR count). The summed E-state index contributed by atoms with van der Waals surface area (Å²) in [5.41, 5.74) is 6.84. The SMILES string of the molecule is CN(CCCCCCN)Cc1cccc(Br)c1. The Morgan fingerprint density at radius 3 is 2.65 bits per heavy atom. The number of nitrogens with two attached hydrogens (primary N) is 1. The van der Waals surface area contributed by atoms with Crippen LogP contribution in [-0.4, -0.2) is 25.0 Å². The molecule has 2 nitrogen and oxygen atoms in total. The maximum atomic E-state index is 5.47. The van der Waals surface area contributed by atoms with Crippen LogP contribution in [0.5, 0.6) is 0 Å². The van der Waals surface area contributed by atoms with E-state index in [1.807, 2.05) is 0 Å². The van der Waals surface area contributed by atoms with Crippen molar-refractivity contribution in [1.82, 2.24) is 4.90 Å². The average Bonchev–Trinajstić information content (AvgIpc) is 2.29. The second-order valence-corrected chi connectivity index (χ2v) is 5.49. The molecule has 0 atom stereocenters. The lowest BCUT2D eigenvalue weighted by Crippen LogP contribution is -2.19. The van der Waals surface area contributed by atoms with E-state index >= 15 is 0 Å². The second kappa shape index (κ2) is 8.67. The predicted octanol–water partition coefficient (Wildman–Crippen LogP) is 3.40. The van der Waals surface area contributed by atoms with Gasteiger partial charge in [-0.15, -0.1) is 0 Å². The summed E-state index contributed by atoms with van der Waals surface area (Å²) in [5, 5.41) is 0. The molecule has 0 saturated carbocycles. The lowest BCUT2D eigenvalue weighted by molar-refractivity contribution is 0.317. The van der Waals surface area contributed by atoms with Crippen molar-refractivity contribution in [3.8, 4) is 0 Å². The second-order valence-electron chi connectivity index (χ2n) is 4.57. The van der Waals surface area contributed by atoms with Gasteiger partial charge in [-0.2, -0.15) is 0 Å². The smallest absolute Gasteiger partial charge is 0.0231 e. The van der Waals surface area contributed by atoms with Gasteiger partial charge < -0.3 is 10.6 Å². The number of nitrogens with zero attached hydrogens (tertiary/aromatic N) is 1. The van der Waals surface area contributed by atoms with Gasteiger partial charge >= 0.3 is 0 Å². The average molecular weight is 299 g/mol. The first-order valence-electron chi connectivity index (χ1n) is 6.35. The van der Waals surface area contributed by atoms with Gasteiger partial charge in [0.15, 0.2) is 0 Å². The zero-order valence-electron chi connectivity index (χ0n) is 10.7. The fourth-order valence-electron chi connectivity index (χ4n) is 1.91. The van der Waals surface area contributed by atoms with Crippen LogP contribution in [0.1, 0.15) is 31.2 Å². The number of unbranched alkanes of at least 4 members (excludes halogenated alkanes) is 3. The third-order valence-corrected chi connectivity index (χ3v) is 3.33. The Morgan fingerprint density at radius 1 is 1.18 bits per heavy atom. The maximum absolute atomic E-state index is 5.47. The van der Waals surface area contributed by atoms with Crippen LogP contribution in [0.4, 0.5) is 0 Å². The van der Waals surface area contributed by atoms with E-state index in [4.69, 9.17) is 5.73 Å². The molecule has 0 aromatic heterocycles.